The Morgan fingerprint density at radius 1 is 1.17 bits per heavy atom. The summed E-state index contributed by atoms with van der Waals surface area (Å²) in [5.41, 5.74) is 4.79. The van der Waals surface area contributed by atoms with Crippen molar-refractivity contribution in [2.45, 2.75) is 25.3 Å². The van der Waals surface area contributed by atoms with Crippen molar-refractivity contribution in [3.63, 3.8) is 0 Å². The Kier molecular flexibility index (Phi) is 5.23. The summed E-state index contributed by atoms with van der Waals surface area (Å²) in [6.07, 6.45) is 2.85. The fourth-order valence-electron chi connectivity index (χ4n) is 3.33. The molecule has 4 rings (SSSR count). The van der Waals surface area contributed by atoms with E-state index >= 15 is 0 Å². The highest BCUT2D eigenvalue weighted by atomic mass is 32.2. The van der Waals surface area contributed by atoms with Crippen LogP contribution in [0.1, 0.15) is 16.7 Å². The monoisotopic (exact) mass is 424 g/mol. The van der Waals surface area contributed by atoms with Gasteiger partial charge in [-0.2, -0.15) is 4.98 Å². The van der Waals surface area contributed by atoms with Crippen LogP contribution in [-0.4, -0.2) is 36.8 Å². The molecule has 2 heterocycles. The maximum atomic E-state index is 11.8. The molecule has 0 bridgehead atoms. The molecular weight excluding hydrogens is 403 g/mol. The Morgan fingerprint density at radius 3 is 2.73 bits per heavy atom. The number of aromatic nitrogens is 2. The van der Waals surface area contributed by atoms with Crippen molar-refractivity contribution in [1.82, 2.24) is 9.97 Å². The van der Waals surface area contributed by atoms with Gasteiger partial charge in [0.05, 0.1) is 11.5 Å². The second kappa shape index (κ2) is 7.71. The molecule has 2 aromatic carbocycles. The molecule has 0 atom stereocenters. The first-order valence-electron chi connectivity index (χ1n) is 9.32. The lowest BCUT2D eigenvalue weighted by Crippen LogP contribution is -2.31. The van der Waals surface area contributed by atoms with E-state index in [0.29, 0.717) is 24.1 Å². The molecule has 154 valence electrons. The van der Waals surface area contributed by atoms with Crippen molar-refractivity contribution in [1.29, 1.82) is 0 Å². The third-order valence-electron chi connectivity index (χ3n) is 4.99. The lowest BCUT2D eigenvalue weighted by molar-refractivity contribution is 0.275. The molecular formula is C20H21BN4O4S. The summed E-state index contributed by atoms with van der Waals surface area (Å²) in [5, 5.41) is 16.4. The Morgan fingerprint density at radius 2 is 1.97 bits per heavy atom. The highest BCUT2D eigenvalue weighted by Gasteiger charge is 2.30. The van der Waals surface area contributed by atoms with Crippen LogP contribution in [0, 0.1) is 13.8 Å². The van der Waals surface area contributed by atoms with Crippen molar-refractivity contribution < 1.29 is 18.1 Å². The standard InChI is InChI=1S/C20H21BN4O4S/c1-12-10-22-20(24-17-8-7-14-11-29-21(26)18(14)13(17)2)25-19(12)23-15-5-4-6-16(9-15)30(3,27)28/h4-10,26H,11H2,1-3H3,(H2,22,23,24,25). The van der Waals surface area contributed by atoms with Gasteiger partial charge >= 0.3 is 7.12 Å². The summed E-state index contributed by atoms with van der Waals surface area (Å²) in [7, 11) is -4.24. The van der Waals surface area contributed by atoms with E-state index < -0.39 is 17.0 Å². The summed E-state index contributed by atoms with van der Waals surface area (Å²) in [6.45, 7) is 4.16. The molecule has 0 unspecified atom stereocenters. The van der Waals surface area contributed by atoms with Gasteiger partial charge in [-0.25, -0.2) is 13.4 Å². The summed E-state index contributed by atoms with van der Waals surface area (Å²) < 4.78 is 28.9. The molecule has 0 spiro atoms. The first-order chi connectivity index (χ1) is 14.2. The zero-order valence-corrected chi connectivity index (χ0v) is 17.6. The van der Waals surface area contributed by atoms with Gasteiger partial charge in [0.25, 0.3) is 0 Å². The van der Waals surface area contributed by atoms with Gasteiger partial charge < -0.3 is 20.3 Å². The molecule has 1 aromatic heterocycles. The van der Waals surface area contributed by atoms with Crippen LogP contribution in [0.3, 0.4) is 0 Å². The van der Waals surface area contributed by atoms with E-state index in [9.17, 15) is 13.4 Å². The van der Waals surface area contributed by atoms with Gasteiger partial charge in [-0.05, 0) is 54.7 Å². The molecule has 0 amide bonds. The van der Waals surface area contributed by atoms with Crippen molar-refractivity contribution in [2.24, 2.45) is 0 Å². The van der Waals surface area contributed by atoms with Crippen LogP contribution >= 0.6 is 0 Å². The number of aryl methyl sites for hydroxylation is 1. The van der Waals surface area contributed by atoms with Gasteiger partial charge in [-0.3, -0.25) is 0 Å². The fourth-order valence-corrected chi connectivity index (χ4v) is 4.00. The third kappa shape index (κ3) is 4.02. The van der Waals surface area contributed by atoms with Gasteiger partial charge in [0.15, 0.2) is 9.84 Å². The van der Waals surface area contributed by atoms with Crippen LogP contribution < -0.4 is 16.1 Å². The minimum Gasteiger partial charge on any atom is -0.423 e. The molecule has 30 heavy (non-hydrogen) atoms. The van der Waals surface area contributed by atoms with Gasteiger partial charge in [0, 0.05) is 29.4 Å². The Hall–Kier alpha value is -2.95. The average Bonchev–Trinajstić information content (AvgIpc) is 3.08. The molecule has 10 heteroatoms. The number of hydrogen-bond donors (Lipinski definition) is 3. The molecule has 1 aliphatic heterocycles. The van der Waals surface area contributed by atoms with Gasteiger partial charge in [0.2, 0.25) is 5.95 Å². The molecule has 3 aromatic rings. The lowest BCUT2D eigenvalue weighted by Gasteiger charge is -2.14. The number of rotatable bonds is 5. The van der Waals surface area contributed by atoms with Crippen LogP contribution in [0.2, 0.25) is 0 Å². The van der Waals surface area contributed by atoms with E-state index in [1.54, 1.807) is 30.5 Å². The van der Waals surface area contributed by atoms with E-state index in [1.807, 2.05) is 26.0 Å². The molecule has 0 saturated heterocycles. The van der Waals surface area contributed by atoms with E-state index in [4.69, 9.17) is 4.65 Å². The van der Waals surface area contributed by atoms with Crippen molar-refractivity contribution in [3.8, 4) is 0 Å². The number of hydrogen-bond acceptors (Lipinski definition) is 8. The van der Waals surface area contributed by atoms with E-state index in [1.165, 1.54) is 6.26 Å². The number of benzene rings is 2. The maximum Gasteiger partial charge on any atom is 0.492 e. The zero-order valence-electron chi connectivity index (χ0n) is 16.8. The minimum absolute atomic E-state index is 0.229. The van der Waals surface area contributed by atoms with Gasteiger partial charge in [-0.1, -0.05) is 12.1 Å². The molecule has 0 saturated carbocycles. The summed E-state index contributed by atoms with van der Waals surface area (Å²) >= 11 is 0. The van der Waals surface area contributed by atoms with Crippen LogP contribution in [0.25, 0.3) is 0 Å². The number of nitrogens with one attached hydrogen (secondary N) is 2. The largest absolute Gasteiger partial charge is 0.492 e. The second-order valence-corrected chi connectivity index (χ2v) is 9.27. The third-order valence-corrected chi connectivity index (χ3v) is 6.10. The zero-order chi connectivity index (χ0) is 21.5. The number of fused-ring (bicyclic) bond motifs is 1. The predicted octanol–water partition coefficient (Wildman–Crippen LogP) is 2.20. The van der Waals surface area contributed by atoms with Crippen molar-refractivity contribution >= 4 is 45.6 Å². The number of anilines is 4. The molecule has 1 aliphatic rings. The average molecular weight is 424 g/mol. The maximum absolute atomic E-state index is 11.8. The molecule has 3 N–H and O–H groups in total. The number of nitrogens with zero attached hydrogens (tertiary/aromatic N) is 2. The minimum atomic E-state index is -3.31. The molecule has 8 nitrogen and oxygen atoms in total. The van der Waals surface area contributed by atoms with Crippen LogP contribution in [0.5, 0.6) is 0 Å². The van der Waals surface area contributed by atoms with E-state index in [2.05, 4.69) is 20.6 Å². The first-order valence-corrected chi connectivity index (χ1v) is 11.2. The van der Waals surface area contributed by atoms with Crippen LogP contribution in [0.15, 0.2) is 47.5 Å². The Balaban J connectivity index is 1.61. The summed E-state index contributed by atoms with van der Waals surface area (Å²) in [6, 6.07) is 10.4. The normalized spacial score (nSPS) is 13.3. The molecule has 0 fully saturated rings. The molecule has 0 aliphatic carbocycles. The van der Waals surface area contributed by atoms with Crippen molar-refractivity contribution in [2.75, 3.05) is 16.9 Å². The SMILES string of the molecule is Cc1cnc(Nc2ccc3c(c2C)B(O)OC3)nc1Nc1cccc(S(C)(=O)=O)c1. The summed E-state index contributed by atoms with van der Waals surface area (Å²) in [4.78, 5) is 9.10. The Bertz CT molecular complexity index is 1230. The topological polar surface area (TPSA) is 113 Å². The molecule has 0 radical (unpaired) electrons. The second-order valence-electron chi connectivity index (χ2n) is 7.25. The highest BCUT2D eigenvalue weighted by molar-refractivity contribution is 7.90. The van der Waals surface area contributed by atoms with Gasteiger partial charge in [-0.15, -0.1) is 0 Å². The van der Waals surface area contributed by atoms with Gasteiger partial charge in [0.1, 0.15) is 5.82 Å². The fraction of sp³-hybridized carbons (Fsp3) is 0.200. The Labute approximate surface area is 175 Å². The quantitative estimate of drug-likeness (QED) is 0.535. The van der Waals surface area contributed by atoms with E-state index in [0.717, 1.165) is 27.8 Å². The van der Waals surface area contributed by atoms with E-state index in [-0.39, 0.29) is 4.90 Å². The van der Waals surface area contributed by atoms with Crippen LogP contribution in [0.4, 0.5) is 23.1 Å². The first kappa shape index (κ1) is 20.3. The smallest absolute Gasteiger partial charge is 0.423 e. The van der Waals surface area contributed by atoms with Crippen LogP contribution in [-0.2, 0) is 21.1 Å². The summed E-state index contributed by atoms with van der Waals surface area (Å²) in [5.74, 6) is 0.930. The predicted molar refractivity (Wildman–Crippen MR) is 116 cm³/mol. The number of sulfone groups is 1. The van der Waals surface area contributed by atoms with Crippen molar-refractivity contribution in [3.05, 3.63) is 59.3 Å². The highest BCUT2D eigenvalue weighted by Crippen LogP contribution is 2.25. The lowest BCUT2D eigenvalue weighted by atomic mass is 9.76.